The molecule has 0 unspecified atom stereocenters. The number of unbranched alkanes of at least 4 members (excludes halogenated alkanes) is 1. The van der Waals surface area contributed by atoms with Crippen LogP contribution in [0.1, 0.15) is 31.2 Å². The van der Waals surface area contributed by atoms with Crippen LogP contribution in [0.2, 0.25) is 0 Å². The van der Waals surface area contributed by atoms with Gasteiger partial charge in [-0.15, -0.1) is 24.0 Å². The van der Waals surface area contributed by atoms with Gasteiger partial charge in [0.05, 0.1) is 0 Å². The van der Waals surface area contributed by atoms with Crippen molar-refractivity contribution in [1.82, 2.24) is 10.2 Å². The molecule has 2 heterocycles. The zero-order chi connectivity index (χ0) is 15.2. The number of hydrogen-bond acceptors (Lipinski definition) is 2. The molecule has 2 aliphatic rings. The number of likely N-dealkylation sites (tertiary alicyclic amines) is 1. The van der Waals surface area contributed by atoms with E-state index < -0.39 is 0 Å². The van der Waals surface area contributed by atoms with Crippen LogP contribution in [0.5, 0.6) is 0 Å². The predicted octanol–water partition coefficient (Wildman–Crippen LogP) is 3.12. The van der Waals surface area contributed by atoms with Crippen LogP contribution in [0.4, 0.5) is 5.69 Å². The zero-order valence-corrected chi connectivity index (χ0v) is 16.5. The lowest BCUT2D eigenvalue weighted by Gasteiger charge is -2.22. The molecule has 0 amide bonds. The van der Waals surface area contributed by atoms with Crippen LogP contribution < -0.4 is 10.2 Å². The Morgan fingerprint density at radius 3 is 2.70 bits per heavy atom. The van der Waals surface area contributed by atoms with Gasteiger partial charge in [-0.1, -0.05) is 18.2 Å². The number of hydrogen-bond donors (Lipinski definition) is 1. The first kappa shape index (κ1) is 18.5. The summed E-state index contributed by atoms with van der Waals surface area (Å²) in [4.78, 5) is 9.37. The topological polar surface area (TPSA) is 30.9 Å². The summed E-state index contributed by atoms with van der Waals surface area (Å²) in [7, 11) is 1.88. The van der Waals surface area contributed by atoms with Gasteiger partial charge in [-0.25, -0.2) is 0 Å². The molecule has 5 heteroatoms. The summed E-state index contributed by atoms with van der Waals surface area (Å²) in [5.74, 6) is 1.02. The van der Waals surface area contributed by atoms with E-state index in [1.165, 1.54) is 56.6 Å². The number of nitrogens with one attached hydrogen (secondary N) is 1. The van der Waals surface area contributed by atoms with E-state index in [-0.39, 0.29) is 24.0 Å². The maximum Gasteiger partial charge on any atom is 0.198 e. The third-order valence-corrected chi connectivity index (χ3v) is 4.74. The van der Waals surface area contributed by atoms with Crippen LogP contribution in [0.3, 0.4) is 0 Å². The molecule has 0 atom stereocenters. The van der Waals surface area contributed by atoms with Crippen molar-refractivity contribution in [3.05, 3.63) is 29.8 Å². The van der Waals surface area contributed by atoms with Gasteiger partial charge in [-0.2, -0.15) is 0 Å². The number of guanidine groups is 1. The van der Waals surface area contributed by atoms with Crippen molar-refractivity contribution in [2.45, 2.75) is 32.1 Å². The summed E-state index contributed by atoms with van der Waals surface area (Å²) in [6.45, 7) is 5.91. The molecule has 0 radical (unpaired) electrons. The van der Waals surface area contributed by atoms with Crippen molar-refractivity contribution in [2.24, 2.45) is 4.99 Å². The molecular weight excluding hydrogens is 399 g/mol. The molecule has 0 saturated carbocycles. The van der Waals surface area contributed by atoms with E-state index in [2.05, 4.69) is 44.4 Å². The van der Waals surface area contributed by atoms with Crippen LogP contribution in [0.25, 0.3) is 0 Å². The molecule has 0 bridgehead atoms. The second-order valence-corrected chi connectivity index (χ2v) is 6.26. The minimum absolute atomic E-state index is 0. The fourth-order valence-electron chi connectivity index (χ4n) is 3.52. The number of nitrogens with zero attached hydrogens (tertiary/aromatic N) is 3. The van der Waals surface area contributed by atoms with E-state index in [9.17, 15) is 0 Å². The van der Waals surface area contributed by atoms with E-state index >= 15 is 0 Å². The van der Waals surface area contributed by atoms with Crippen molar-refractivity contribution in [1.29, 1.82) is 0 Å². The van der Waals surface area contributed by atoms with E-state index in [1.807, 2.05) is 7.05 Å². The Bertz CT molecular complexity index is 511. The van der Waals surface area contributed by atoms with Gasteiger partial charge in [-0.3, -0.25) is 4.99 Å². The second-order valence-electron chi connectivity index (χ2n) is 6.26. The SMILES string of the molecule is CN=C(NCCCCN1CCCC1)N1CCc2ccccc21.I. The average Bonchev–Trinajstić information content (AvgIpc) is 3.20. The minimum Gasteiger partial charge on any atom is -0.356 e. The molecule has 23 heavy (non-hydrogen) atoms. The lowest BCUT2D eigenvalue weighted by molar-refractivity contribution is 0.330. The molecule has 0 aromatic heterocycles. The molecule has 2 aliphatic heterocycles. The molecule has 128 valence electrons. The quantitative estimate of drug-likeness (QED) is 0.339. The number of benzene rings is 1. The molecule has 0 spiro atoms. The first-order valence-electron chi connectivity index (χ1n) is 8.67. The molecular formula is C18H29IN4. The normalized spacial score (nSPS) is 18.0. The average molecular weight is 428 g/mol. The van der Waals surface area contributed by atoms with Crippen molar-refractivity contribution in [2.75, 3.05) is 44.7 Å². The van der Waals surface area contributed by atoms with Gasteiger partial charge >= 0.3 is 0 Å². The van der Waals surface area contributed by atoms with Crippen molar-refractivity contribution in [3.8, 4) is 0 Å². The van der Waals surface area contributed by atoms with Crippen LogP contribution in [0.15, 0.2) is 29.3 Å². The van der Waals surface area contributed by atoms with E-state index in [4.69, 9.17) is 0 Å². The van der Waals surface area contributed by atoms with Crippen LogP contribution >= 0.6 is 24.0 Å². The largest absolute Gasteiger partial charge is 0.356 e. The van der Waals surface area contributed by atoms with E-state index in [0.29, 0.717) is 0 Å². The zero-order valence-electron chi connectivity index (χ0n) is 14.1. The molecule has 4 nitrogen and oxygen atoms in total. The molecule has 1 saturated heterocycles. The Balaban J connectivity index is 0.00000192. The number of fused-ring (bicyclic) bond motifs is 1. The van der Waals surface area contributed by atoms with Crippen LogP contribution in [-0.2, 0) is 6.42 Å². The van der Waals surface area contributed by atoms with E-state index in [0.717, 1.165) is 25.5 Å². The number of halogens is 1. The fourth-order valence-corrected chi connectivity index (χ4v) is 3.52. The highest BCUT2D eigenvalue weighted by molar-refractivity contribution is 14.0. The lowest BCUT2D eigenvalue weighted by atomic mass is 10.2. The van der Waals surface area contributed by atoms with Crippen molar-refractivity contribution >= 4 is 35.6 Å². The Labute approximate surface area is 157 Å². The maximum absolute atomic E-state index is 4.47. The third kappa shape index (κ3) is 4.83. The third-order valence-electron chi connectivity index (χ3n) is 4.74. The summed E-state index contributed by atoms with van der Waals surface area (Å²) in [5, 5.41) is 3.54. The van der Waals surface area contributed by atoms with Gasteiger partial charge in [0.1, 0.15) is 0 Å². The lowest BCUT2D eigenvalue weighted by Crippen LogP contribution is -2.41. The maximum atomic E-state index is 4.47. The number of rotatable bonds is 5. The monoisotopic (exact) mass is 428 g/mol. The predicted molar refractivity (Wildman–Crippen MR) is 109 cm³/mol. The number of anilines is 1. The summed E-state index contributed by atoms with van der Waals surface area (Å²) in [5.41, 5.74) is 2.74. The molecule has 3 rings (SSSR count). The Morgan fingerprint density at radius 2 is 1.91 bits per heavy atom. The summed E-state index contributed by atoms with van der Waals surface area (Å²) >= 11 is 0. The molecule has 1 aromatic carbocycles. The first-order valence-corrected chi connectivity index (χ1v) is 8.67. The van der Waals surface area contributed by atoms with Crippen molar-refractivity contribution in [3.63, 3.8) is 0 Å². The highest BCUT2D eigenvalue weighted by Gasteiger charge is 2.22. The molecule has 1 fully saturated rings. The van der Waals surface area contributed by atoms with Crippen LogP contribution in [0, 0.1) is 0 Å². The Hall–Kier alpha value is -0.820. The standard InChI is InChI=1S/C18H28N4.HI/c1-19-18(20-11-4-5-12-21-13-6-7-14-21)22-15-10-16-8-2-3-9-17(16)22;/h2-3,8-9H,4-7,10-15H2,1H3,(H,19,20);1H. The summed E-state index contributed by atoms with van der Waals surface area (Å²) in [6, 6.07) is 8.65. The highest BCUT2D eigenvalue weighted by atomic mass is 127. The highest BCUT2D eigenvalue weighted by Crippen LogP contribution is 2.27. The van der Waals surface area contributed by atoms with Gasteiger partial charge in [0.15, 0.2) is 5.96 Å². The first-order chi connectivity index (χ1) is 10.9. The second kappa shape index (κ2) is 9.47. The fraction of sp³-hybridized carbons (Fsp3) is 0.611. The van der Waals surface area contributed by atoms with Gasteiger partial charge < -0.3 is 15.1 Å². The van der Waals surface area contributed by atoms with Gasteiger partial charge in [0.2, 0.25) is 0 Å². The summed E-state index contributed by atoms with van der Waals surface area (Å²) in [6.07, 6.45) is 6.38. The van der Waals surface area contributed by atoms with Crippen molar-refractivity contribution < 1.29 is 0 Å². The summed E-state index contributed by atoms with van der Waals surface area (Å²) < 4.78 is 0. The number of para-hydroxylation sites is 1. The smallest absolute Gasteiger partial charge is 0.198 e. The van der Waals surface area contributed by atoms with Gasteiger partial charge in [-0.05, 0) is 63.4 Å². The minimum atomic E-state index is 0. The Morgan fingerprint density at radius 1 is 1.13 bits per heavy atom. The molecule has 1 N–H and O–H groups in total. The number of aliphatic imine (C=N–C) groups is 1. The van der Waals surface area contributed by atoms with E-state index in [1.54, 1.807) is 0 Å². The van der Waals surface area contributed by atoms with Gasteiger partial charge in [0.25, 0.3) is 0 Å². The van der Waals surface area contributed by atoms with Gasteiger partial charge in [0, 0.05) is 25.8 Å². The van der Waals surface area contributed by atoms with Crippen LogP contribution in [-0.4, -0.2) is 50.6 Å². The molecule has 1 aromatic rings. The Kier molecular flexibility index (Phi) is 7.62. The molecule has 0 aliphatic carbocycles.